The first-order valence-electron chi connectivity index (χ1n) is 9.12. The van der Waals surface area contributed by atoms with Crippen LogP contribution in [0.1, 0.15) is 25.0 Å². The number of ether oxygens (including phenoxy) is 2. The second kappa shape index (κ2) is 10.5. The molecular formula is C21H30N4O2. The fourth-order valence-electron chi connectivity index (χ4n) is 2.61. The third-order valence-electron chi connectivity index (χ3n) is 4.30. The molecule has 0 unspecified atom stereocenters. The second-order valence-corrected chi connectivity index (χ2v) is 6.84. The number of guanidine groups is 1. The summed E-state index contributed by atoms with van der Waals surface area (Å²) in [5, 5.41) is 6.74. The number of nitrogens with one attached hydrogen (secondary N) is 2. The minimum Gasteiger partial charge on any atom is -0.475 e. The number of aromatic nitrogens is 1. The fourth-order valence-corrected chi connectivity index (χ4v) is 2.61. The Labute approximate surface area is 162 Å². The van der Waals surface area contributed by atoms with Crippen molar-refractivity contribution >= 4 is 5.96 Å². The largest absolute Gasteiger partial charge is 0.475 e. The lowest BCUT2D eigenvalue weighted by Gasteiger charge is -2.26. The van der Waals surface area contributed by atoms with Gasteiger partial charge in [-0.1, -0.05) is 50.2 Å². The number of hydrogen-bond donors (Lipinski definition) is 2. The molecule has 0 bridgehead atoms. The van der Waals surface area contributed by atoms with Crippen molar-refractivity contribution in [2.75, 3.05) is 33.9 Å². The smallest absolute Gasteiger partial charge is 0.218 e. The van der Waals surface area contributed by atoms with Gasteiger partial charge in [0, 0.05) is 44.4 Å². The zero-order valence-corrected chi connectivity index (χ0v) is 16.7. The summed E-state index contributed by atoms with van der Waals surface area (Å²) < 4.78 is 10.7. The Morgan fingerprint density at radius 1 is 1.07 bits per heavy atom. The van der Waals surface area contributed by atoms with Gasteiger partial charge in [-0.25, -0.2) is 4.98 Å². The van der Waals surface area contributed by atoms with Crippen LogP contribution in [0.3, 0.4) is 0 Å². The van der Waals surface area contributed by atoms with E-state index in [0.29, 0.717) is 25.6 Å². The van der Waals surface area contributed by atoms with Crippen LogP contribution in [0.2, 0.25) is 0 Å². The zero-order valence-electron chi connectivity index (χ0n) is 16.7. The summed E-state index contributed by atoms with van der Waals surface area (Å²) in [6, 6.07) is 14.4. The van der Waals surface area contributed by atoms with Gasteiger partial charge in [-0.2, -0.15) is 0 Å². The number of benzene rings is 1. The van der Waals surface area contributed by atoms with E-state index in [0.717, 1.165) is 18.1 Å². The highest BCUT2D eigenvalue weighted by Gasteiger charge is 2.20. The van der Waals surface area contributed by atoms with Crippen LogP contribution in [-0.4, -0.2) is 44.9 Å². The third-order valence-corrected chi connectivity index (χ3v) is 4.30. The van der Waals surface area contributed by atoms with Crippen LogP contribution in [0.15, 0.2) is 53.7 Å². The van der Waals surface area contributed by atoms with Gasteiger partial charge in [0.05, 0.1) is 6.61 Å². The summed E-state index contributed by atoms with van der Waals surface area (Å²) in [4.78, 5) is 8.62. The topological polar surface area (TPSA) is 67.8 Å². The molecule has 1 aromatic carbocycles. The third kappa shape index (κ3) is 6.57. The summed E-state index contributed by atoms with van der Waals surface area (Å²) >= 11 is 0. The average Bonchev–Trinajstić information content (AvgIpc) is 2.70. The first-order chi connectivity index (χ1) is 13.1. The van der Waals surface area contributed by atoms with Crippen LogP contribution in [-0.2, 0) is 16.7 Å². The van der Waals surface area contributed by atoms with Gasteiger partial charge < -0.3 is 20.1 Å². The van der Waals surface area contributed by atoms with Crippen LogP contribution in [0.25, 0.3) is 0 Å². The van der Waals surface area contributed by atoms with Crippen molar-refractivity contribution in [2.24, 2.45) is 4.99 Å². The molecule has 27 heavy (non-hydrogen) atoms. The summed E-state index contributed by atoms with van der Waals surface area (Å²) in [5.41, 5.74) is 2.25. The average molecular weight is 370 g/mol. The maximum absolute atomic E-state index is 5.68. The molecule has 1 aromatic heterocycles. The Hall–Kier alpha value is -2.60. The Morgan fingerprint density at radius 2 is 1.85 bits per heavy atom. The van der Waals surface area contributed by atoms with Gasteiger partial charge in [-0.05, 0) is 11.6 Å². The lowest BCUT2D eigenvalue weighted by Crippen LogP contribution is -2.43. The van der Waals surface area contributed by atoms with Crippen molar-refractivity contribution in [1.82, 2.24) is 15.6 Å². The van der Waals surface area contributed by atoms with Crippen molar-refractivity contribution in [1.29, 1.82) is 0 Å². The fraction of sp³-hybridized carbons (Fsp3) is 0.429. The summed E-state index contributed by atoms with van der Waals surface area (Å²) in [7, 11) is 3.42. The van der Waals surface area contributed by atoms with E-state index in [4.69, 9.17) is 9.47 Å². The monoisotopic (exact) mass is 370 g/mol. The van der Waals surface area contributed by atoms with E-state index in [1.807, 2.05) is 18.2 Å². The molecule has 0 aliphatic carbocycles. The molecule has 6 heteroatoms. The SMILES string of the molecule is CN=C(NCc1cccnc1OCCOC)NCC(C)(C)c1ccccc1. The van der Waals surface area contributed by atoms with Gasteiger partial charge in [0.25, 0.3) is 0 Å². The Kier molecular flexibility index (Phi) is 8.07. The van der Waals surface area contributed by atoms with Crippen molar-refractivity contribution < 1.29 is 9.47 Å². The van der Waals surface area contributed by atoms with E-state index in [1.165, 1.54) is 5.56 Å². The number of nitrogens with zero attached hydrogens (tertiary/aromatic N) is 2. The van der Waals surface area contributed by atoms with Gasteiger partial charge in [0.1, 0.15) is 6.61 Å². The molecule has 2 rings (SSSR count). The molecule has 0 amide bonds. The first-order valence-corrected chi connectivity index (χ1v) is 9.12. The van der Waals surface area contributed by atoms with Crippen molar-refractivity contribution in [3.63, 3.8) is 0 Å². The Morgan fingerprint density at radius 3 is 2.56 bits per heavy atom. The standard InChI is InChI=1S/C21H30N4O2/c1-21(2,18-10-6-5-7-11-18)16-25-20(22-3)24-15-17-9-8-12-23-19(17)27-14-13-26-4/h5-12H,13-16H2,1-4H3,(H2,22,24,25). The first kappa shape index (κ1) is 20.7. The van der Waals surface area contributed by atoms with E-state index in [9.17, 15) is 0 Å². The molecule has 0 spiro atoms. The highest BCUT2D eigenvalue weighted by molar-refractivity contribution is 5.79. The number of aliphatic imine (C=N–C) groups is 1. The predicted molar refractivity (Wildman–Crippen MR) is 109 cm³/mol. The second-order valence-electron chi connectivity index (χ2n) is 6.84. The predicted octanol–water partition coefficient (Wildman–Crippen LogP) is 2.75. The number of rotatable bonds is 9. The molecule has 0 atom stereocenters. The van der Waals surface area contributed by atoms with Crippen LogP contribution in [0.4, 0.5) is 0 Å². The van der Waals surface area contributed by atoms with Crippen LogP contribution in [0, 0.1) is 0 Å². The molecule has 2 aromatic rings. The maximum Gasteiger partial charge on any atom is 0.218 e. The molecule has 0 aliphatic rings. The van der Waals surface area contributed by atoms with Crippen molar-refractivity contribution in [2.45, 2.75) is 25.8 Å². The molecule has 2 N–H and O–H groups in total. The Balaban J connectivity index is 1.91. The molecule has 0 saturated heterocycles. The summed E-state index contributed by atoms with van der Waals surface area (Å²) in [6.45, 7) is 6.76. The van der Waals surface area contributed by atoms with E-state index in [-0.39, 0.29) is 5.41 Å². The lowest BCUT2D eigenvalue weighted by molar-refractivity contribution is 0.143. The van der Waals surface area contributed by atoms with Gasteiger partial charge >= 0.3 is 0 Å². The molecule has 1 heterocycles. The zero-order chi connectivity index (χ0) is 19.5. The maximum atomic E-state index is 5.68. The lowest BCUT2D eigenvalue weighted by atomic mass is 9.85. The Bertz CT molecular complexity index is 717. The molecule has 146 valence electrons. The molecule has 6 nitrogen and oxygen atoms in total. The molecule has 0 fully saturated rings. The van der Waals surface area contributed by atoms with Gasteiger partial charge in [-0.3, -0.25) is 4.99 Å². The highest BCUT2D eigenvalue weighted by Crippen LogP contribution is 2.21. The summed E-state index contributed by atoms with van der Waals surface area (Å²) in [5.74, 6) is 1.35. The van der Waals surface area contributed by atoms with Crippen LogP contribution >= 0.6 is 0 Å². The van der Waals surface area contributed by atoms with Gasteiger partial charge in [0.2, 0.25) is 5.88 Å². The van der Waals surface area contributed by atoms with E-state index < -0.39 is 0 Å². The quantitative estimate of drug-likeness (QED) is 0.404. The highest BCUT2D eigenvalue weighted by atomic mass is 16.5. The molecular weight excluding hydrogens is 340 g/mol. The molecule has 0 aliphatic heterocycles. The van der Waals surface area contributed by atoms with E-state index in [2.05, 4.69) is 58.7 Å². The van der Waals surface area contributed by atoms with Crippen molar-refractivity contribution in [3.8, 4) is 5.88 Å². The number of pyridine rings is 1. The van der Waals surface area contributed by atoms with Gasteiger partial charge in [-0.15, -0.1) is 0 Å². The summed E-state index contributed by atoms with van der Waals surface area (Å²) in [6.07, 6.45) is 1.72. The molecule has 0 saturated carbocycles. The van der Waals surface area contributed by atoms with Gasteiger partial charge in [0.15, 0.2) is 5.96 Å². The van der Waals surface area contributed by atoms with Crippen molar-refractivity contribution in [3.05, 3.63) is 59.8 Å². The molecule has 0 radical (unpaired) electrons. The van der Waals surface area contributed by atoms with Crippen LogP contribution < -0.4 is 15.4 Å². The van der Waals surface area contributed by atoms with Crippen LogP contribution in [0.5, 0.6) is 5.88 Å². The number of methoxy groups -OCH3 is 1. The minimum atomic E-state index is -0.0123. The van der Waals surface area contributed by atoms with E-state index >= 15 is 0 Å². The number of hydrogen-bond acceptors (Lipinski definition) is 4. The minimum absolute atomic E-state index is 0.0123. The van der Waals surface area contributed by atoms with E-state index in [1.54, 1.807) is 20.4 Å². The normalized spacial score (nSPS) is 11.9.